The molecular formula is C13H24N4O3. The van der Waals surface area contributed by atoms with Crippen LogP contribution in [0.3, 0.4) is 0 Å². The number of likely N-dealkylation sites (N-methyl/N-ethyl adjacent to an activating group) is 1. The van der Waals surface area contributed by atoms with E-state index in [9.17, 15) is 9.59 Å². The number of hydrogen-bond acceptors (Lipinski definition) is 5. The smallest absolute Gasteiger partial charge is 0.337 e. The van der Waals surface area contributed by atoms with Gasteiger partial charge in [0.2, 0.25) is 0 Å². The zero-order chi connectivity index (χ0) is 15.0. The van der Waals surface area contributed by atoms with Gasteiger partial charge in [0, 0.05) is 12.2 Å². The minimum atomic E-state index is -0.376. The summed E-state index contributed by atoms with van der Waals surface area (Å²) in [5.41, 5.74) is 1.12. The van der Waals surface area contributed by atoms with E-state index >= 15 is 0 Å². The number of carbonyl (C=O) groups excluding carboxylic acids is 2. The van der Waals surface area contributed by atoms with Crippen molar-refractivity contribution in [3.63, 3.8) is 0 Å². The molecular weight excluding hydrogens is 260 g/mol. The number of urea groups is 1. The van der Waals surface area contributed by atoms with Gasteiger partial charge in [0.05, 0.1) is 18.7 Å². The summed E-state index contributed by atoms with van der Waals surface area (Å²) in [5.74, 6) is -0.376. The van der Waals surface area contributed by atoms with Crippen molar-refractivity contribution >= 4 is 12.0 Å². The number of rotatable bonds is 8. The Morgan fingerprint density at radius 1 is 1.50 bits per heavy atom. The fraction of sp³-hybridized carbons (Fsp3) is 0.692. The van der Waals surface area contributed by atoms with Gasteiger partial charge in [-0.15, -0.1) is 0 Å². The van der Waals surface area contributed by atoms with Gasteiger partial charge in [-0.05, 0) is 40.5 Å². The van der Waals surface area contributed by atoms with Gasteiger partial charge in [-0.3, -0.25) is 0 Å². The molecule has 20 heavy (non-hydrogen) atoms. The minimum Gasteiger partial charge on any atom is -0.463 e. The molecule has 0 fully saturated rings. The maximum Gasteiger partial charge on any atom is 0.337 e. The normalized spacial score (nSPS) is 15.1. The molecule has 3 N–H and O–H groups in total. The van der Waals surface area contributed by atoms with E-state index in [4.69, 9.17) is 4.74 Å². The van der Waals surface area contributed by atoms with Crippen molar-refractivity contribution < 1.29 is 14.3 Å². The maximum absolute atomic E-state index is 11.9. The molecule has 1 aliphatic heterocycles. The van der Waals surface area contributed by atoms with Crippen LogP contribution < -0.4 is 16.0 Å². The van der Waals surface area contributed by atoms with Gasteiger partial charge >= 0.3 is 12.0 Å². The molecule has 0 spiro atoms. The Bertz CT molecular complexity index is 382. The van der Waals surface area contributed by atoms with Gasteiger partial charge in [0.25, 0.3) is 0 Å². The van der Waals surface area contributed by atoms with Crippen molar-refractivity contribution in [3.05, 3.63) is 11.3 Å². The molecule has 0 aromatic heterocycles. The number of nitrogens with zero attached hydrogens (tertiary/aromatic N) is 1. The molecule has 0 radical (unpaired) electrons. The first kappa shape index (κ1) is 16.5. The van der Waals surface area contributed by atoms with Crippen LogP contribution >= 0.6 is 0 Å². The van der Waals surface area contributed by atoms with E-state index in [1.165, 1.54) is 0 Å². The van der Waals surface area contributed by atoms with Crippen molar-refractivity contribution in [2.24, 2.45) is 0 Å². The van der Waals surface area contributed by atoms with Crippen LogP contribution in [-0.2, 0) is 9.53 Å². The molecule has 1 rings (SSSR count). The topological polar surface area (TPSA) is 82.7 Å². The molecule has 0 atom stereocenters. The van der Waals surface area contributed by atoms with Crippen LogP contribution in [0.15, 0.2) is 11.3 Å². The zero-order valence-electron chi connectivity index (χ0n) is 12.4. The Hall–Kier alpha value is -1.60. The third-order valence-electron chi connectivity index (χ3n) is 2.97. The SMILES string of the molecule is CCOC(=O)C1=C(CN(C)CCCNC)NC(=O)NC1. The van der Waals surface area contributed by atoms with E-state index in [2.05, 4.69) is 20.9 Å². The van der Waals surface area contributed by atoms with E-state index in [0.717, 1.165) is 19.5 Å². The molecule has 7 nitrogen and oxygen atoms in total. The van der Waals surface area contributed by atoms with E-state index in [-0.39, 0.29) is 18.5 Å². The summed E-state index contributed by atoms with van der Waals surface area (Å²) >= 11 is 0. The van der Waals surface area contributed by atoms with Gasteiger partial charge in [-0.25, -0.2) is 9.59 Å². The highest BCUT2D eigenvalue weighted by molar-refractivity contribution is 5.93. The molecule has 0 aromatic carbocycles. The number of hydrogen-bond donors (Lipinski definition) is 3. The van der Waals surface area contributed by atoms with Gasteiger partial charge in [-0.1, -0.05) is 0 Å². The van der Waals surface area contributed by atoms with Crippen LogP contribution in [-0.4, -0.2) is 63.8 Å². The first-order valence-corrected chi connectivity index (χ1v) is 6.85. The Morgan fingerprint density at radius 3 is 2.90 bits per heavy atom. The Labute approximate surface area is 119 Å². The number of nitrogens with one attached hydrogen (secondary N) is 3. The molecule has 114 valence electrons. The average molecular weight is 284 g/mol. The first-order valence-electron chi connectivity index (χ1n) is 6.85. The number of esters is 1. The zero-order valence-corrected chi connectivity index (χ0v) is 12.4. The molecule has 0 aliphatic carbocycles. The first-order chi connectivity index (χ1) is 9.58. The van der Waals surface area contributed by atoms with E-state index in [0.29, 0.717) is 24.4 Å². The number of carbonyl (C=O) groups is 2. The molecule has 0 saturated carbocycles. The molecule has 0 saturated heterocycles. The molecule has 0 unspecified atom stereocenters. The highest BCUT2D eigenvalue weighted by Gasteiger charge is 2.24. The second-order valence-corrected chi connectivity index (χ2v) is 4.68. The Balaban J connectivity index is 2.67. The van der Waals surface area contributed by atoms with Crippen molar-refractivity contribution in [2.45, 2.75) is 13.3 Å². The van der Waals surface area contributed by atoms with Crippen molar-refractivity contribution in [1.82, 2.24) is 20.9 Å². The lowest BCUT2D eigenvalue weighted by atomic mass is 10.1. The third-order valence-corrected chi connectivity index (χ3v) is 2.97. The molecule has 0 aromatic rings. The quantitative estimate of drug-likeness (QED) is 0.419. The van der Waals surface area contributed by atoms with Crippen molar-refractivity contribution in [2.75, 3.05) is 46.9 Å². The number of ether oxygens (including phenoxy) is 1. The third kappa shape index (κ3) is 5.18. The summed E-state index contributed by atoms with van der Waals surface area (Å²) < 4.78 is 5.01. The highest BCUT2D eigenvalue weighted by Crippen LogP contribution is 2.09. The van der Waals surface area contributed by atoms with E-state index in [1.54, 1.807) is 6.92 Å². The number of amides is 2. The maximum atomic E-state index is 11.9. The average Bonchev–Trinajstić information content (AvgIpc) is 2.39. The van der Waals surface area contributed by atoms with Crippen molar-refractivity contribution in [3.8, 4) is 0 Å². The summed E-state index contributed by atoms with van der Waals surface area (Å²) in [6, 6.07) is -0.281. The Kier molecular flexibility index (Phi) is 7.03. The fourth-order valence-corrected chi connectivity index (χ4v) is 1.96. The molecule has 0 bridgehead atoms. The van der Waals surface area contributed by atoms with Crippen LogP contribution in [0.2, 0.25) is 0 Å². The standard InChI is InChI=1S/C13H24N4O3/c1-4-20-12(18)10-8-15-13(19)16-11(10)9-17(3)7-5-6-14-2/h14H,4-9H2,1-3H3,(H2,15,16,19). The monoisotopic (exact) mass is 284 g/mol. The fourth-order valence-electron chi connectivity index (χ4n) is 1.96. The highest BCUT2D eigenvalue weighted by atomic mass is 16.5. The summed E-state index contributed by atoms with van der Waals surface area (Å²) in [6.07, 6.45) is 1.00. The predicted molar refractivity (Wildman–Crippen MR) is 76.2 cm³/mol. The summed E-state index contributed by atoms with van der Waals surface area (Å²) in [4.78, 5) is 25.3. The molecule has 2 amide bonds. The van der Waals surface area contributed by atoms with Crippen LogP contribution in [0.4, 0.5) is 4.79 Å². The van der Waals surface area contributed by atoms with Gasteiger partial charge in [0.15, 0.2) is 0 Å². The van der Waals surface area contributed by atoms with Gasteiger partial charge < -0.3 is 25.6 Å². The van der Waals surface area contributed by atoms with Crippen LogP contribution in [0, 0.1) is 0 Å². The lowest BCUT2D eigenvalue weighted by Crippen LogP contribution is -2.46. The largest absolute Gasteiger partial charge is 0.463 e. The van der Waals surface area contributed by atoms with E-state index < -0.39 is 0 Å². The Morgan fingerprint density at radius 2 is 2.25 bits per heavy atom. The molecule has 1 heterocycles. The molecule has 1 aliphatic rings. The van der Waals surface area contributed by atoms with Crippen LogP contribution in [0.25, 0.3) is 0 Å². The minimum absolute atomic E-state index is 0.213. The van der Waals surface area contributed by atoms with Gasteiger partial charge in [-0.2, -0.15) is 0 Å². The second kappa shape index (κ2) is 8.55. The van der Waals surface area contributed by atoms with Gasteiger partial charge in [0.1, 0.15) is 0 Å². The molecule has 7 heteroatoms. The predicted octanol–water partition coefficient (Wildman–Crippen LogP) is -0.342. The summed E-state index contributed by atoms with van der Waals surface area (Å²) in [7, 11) is 3.87. The second-order valence-electron chi connectivity index (χ2n) is 4.68. The van der Waals surface area contributed by atoms with E-state index in [1.807, 2.05) is 14.1 Å². The lowest BCUT2D eigenvalue weighted by molar-refractivity contribution is -0.138. The van der Waals surface area contributed by atoms with Crippen LogP contribution in [0.5, 0.6) is 0 Å². The summed E-state index contributed by atoms with van der Waals surface area (Å²) in [6.45, 7) is 4.62. The van der Waals surface area contributed by atoms with Crippen molar-refractivity contribution in [1.29, 1.82) is 0 Å². The lowest BCUT2D eigenvalue weighted by Gasteiger charge is -2.25. The van der Waals surface area contributed by atoms with Crippen LogP contribution in [0.1, 0.15) is 13.3 Å². The summed E-state index contributed by atoms with van der Waals surface area (Å²) in [5, 5.41) is 8.37.